The smallest absolute Gasteiger partial charge is 0.373 e. The molecule has 23 heavy (non-hydrogen) atoms. The zero-order valence-electron chi connectivity index (χ0n) is 12.6. The highest BCUT2D eigenvalue weighted by atomic mass is 19.4. The maximum absolute atomic E-state index is 12.7. The minimum atomic E-state index is -4.45. The Labute approximate surface area is 132 Å². The lowest BCUT2D eigenvalue weighted by atomic mass is 10.1. The van der Waals surface area contributed by atoms with Gasteiger partial charge < -0.3 is 10.1 Å². The number of nitrogens with one attached hydrogen (secondary N) is 1. The van der Waals surface area contributed by atoms with Gasteiger partial charge >= 0.3 is 6.18 Å². The maximum Gasteiger partial charge on any atom is 0.416 e. The van der Waals surface area contributed by atoms with E-state index in [9.17, 15) is 18.0 Å². The fraction of sp³-hybridized carbons (Fsp3) is 0.562. The van der Waals surface area contributed by atoms with Gasteiger partial charge in [0.2, 0.25) is 0 Å². The predicted octanol–water partition coefficient (Wildman–Crippen LogP) is 2.30. The number of halogens is 3. The molecule has 126 valence electrons. The van der Waals surface area contributed by atoms with Crippen molar-refractivity contribution in [3.05, 3.63) is 35.4 Å². The van der Waals surface area contributed by atoms with E-state index in [1.165, 1.54) is 12.1 Å². The number of ether oxygens (including phenoxy) is 1. The molecule has 1 N–H and O–H groups in total. The first kappa shape index (κ1) is 16.3. The third-order valence-corrected chi connectivity index (χ3v) is 4.40. The lowest BCUT2D eigenvalue weighted by molar-refractivity contribution is -0.137. The Bertz CT molecular complexity index is 577. The van der Waals surface area contributed by atoms with Gasteiger partial charge in [0.15, 0.2) is 0 Å². The maximum atomic E-state index is 12.7. The van der Waals surface area contributed by atoms with Gasteiger partial charge in [-0.05, 0) is 37.6 Å². The number of carbonyl (C=O) groups excluding carboxylic acids is 1. The molecule has 2 saturated heterocycles. The molecule has 0 aliphatic carbocycles. The number of nitrogens with zero attached hydrogens (tertiary/aromatic N) is 1. The second-order valence-corrected chi connectivity index (χ2v) is 6.03. The van der Waals surface area contributed by atoms with E-state index in [1.54, 1.807) is 0 Å². The van der Waals surface area contributed by atoms with Crippen molar-refractivity contribution >= 4 is 5.91 Å². The van der Waals surface area contributed by atoms with Gasteiger partial charge in [-0.3, -0.25) is 9.69 Å². The van der Waals surface area contributed by atoms with Crippen molar-refractivity contribution in [2.75, 3.05) is 26.2 Å². The molecule has 1 aromatic carbocycles. The number of rotatable bonds is 3. The average Bonchev–Trinajstić information content (AvgIpc) is 2.99. The molecule has 0 saturated carbocycles. The number of fused-ring (bicyclic) bond motifs is 1. The van der Waals surface area contributed by atoms with Crippen molar-refractivity contribution < 1.29 is 22.7 Å². The van der Waals surface area contributed by atoms with Crippen LogP contribution in [0.2, 0.25) is 0 Å². The molecular formula is C16H19F3N2O2. The fourth-order valence-corrected chi connectivity index (χ4v) is 3.15. The molecule has 2 aliphatic heterocycles. The zero-order valence-corrected chi connectivity index (χ0v) is 12.6. The third kappa shape index (κ3) is 3.84. The van der Waals surface area contributed by atoms with Crippen LogP contribution >= 0.6 is 0 Å². The molecule has 4 nitrogen and oxygen atoms in total. The quantitative estimate of drug-likeness (QED) is 0.926. The second-order valence-electron chi connectivity index (χ2n) is 6.03. The Morgan fingerprint density at radius 2 is 2.22 bits per heavy atom. The minimum Gasteiger partial charge on any atom is -0.373 e. The zero-order chi connectivity index (χ0) is 16.4. The first-order valence-electron chi connectivity index (χ1n) is 7.74. The summed E-state index contributed by atoms with van der Waals surface area (Å²) in [7, 11) is 0. The van der Waals surface area contributed by atoms with Crippen molar-refractivity contribution in [1.29, 1.82) is 0 Å². The number of benzene rings is 1. The highest BCUT2D eigenvalue weighted by molar-refractivity contribution is 5.94. The second kappa shape index (κ2) is 6.49. The number of alkyl halides is 3. The van der Waals surface area contributed by atoms with Gasteiger partial charge in [-0.15, -0.1) is 0 Å². The summed E-state index contributed by atoms with van der Waals surface area (Å²) in [6.45, 7) is 2.77. The van der Waals surface area contributed by atoms with Crippen molar-refractivity contribution in [3.8, 4) is 0 Å². The Morgan fingerprint density at radius 3 is 3.00 bits per heavy atom. The largest absolute Gasteiger partial charge is 0.416 e. The summed E-state index contributed by atoms with van der Waals surface area (Å²) >= 11 is 0. The standard InChI is InChI=1S/C16H19F3N2O2/c17-16(18,19)12-4-1-3-11(7-12)15(22)20-8-14-9-21-6-2-5-13(21)10-23-14/h1,3-4,7,13-14H,2,5-6,8-10H2,(H,20,22)/t13-,14-/m1/s1. The Balaban J connectivity index is 1.55. The molecule has 1 aromatic rings. The Morgan fingerprint density at radius 1 is 1.39 bits per heavy atom. The molecular weight excluding hydrogens is 309 g/mol. The number of hydrogen-bond acceptors (Lipinski definition) is 3. The Kier molecular flexibility index (Phi) is 4.59. The third-order valence-electron chi connectivity index (χ3n) is 4.40. The van der Waals surface area contributed by atoms with E-state index in [4.69, 9.17) is 4.74 Å². The molecule has 7 heteroatoms. The molecule has 3 rings (SSSR count). The monoisotopic (exact) mass is 328 g/mol. The number of carbonyl (C=O) groups is 1. The van der Waals surface area contributed by atoms with E-state index in [-0.39, 0.29) is 11.7 Å². The number of amides is 1. The SMILES string of the molecule is O=C(NC[C@@H]1CN2CCC[C@@H]2CO1)c1cccc(C(F)(F)F)c1. The molecule has 2 heterocycles. The number of morpholine rings is 1. The van der Waals surface area contributed by atoms with E-state index < -0.39 is 17.6 Å². The van der Waals surface area contributed by atoms with Crippen LogP contribution in [0.15, 0.2) is 24.3 Å². The van der Waals surface area contributed by atoms with E-state index in [1.807, 2.05) is 0 Å². The Hall–Kier alpha value is -1.60. The summed E-state index contributed by atoms with van der Waals surface area (Å²) < 4.78 is 43.7. The van der Waals surface area contributed by atoms with Crippen LogP contribution in [0.25, 0.3) is 0 Å². The molecule has 0 aromatic heterocycles. The van der Waals surface area contributed by atoms with Gasteiger partial charge in [-0.25, -0.2) is 0 Å². The van der Waals surface area contributed by atoms with Crippen LogP contribution in [0.4, 0.5) is 13.2 Å². The van der Waals surface area contributed by atoms with E-state index in [2.05, 4.69) is 10.2 Å². The molecule has 0 unspecified atom stereocenters. The minimum absolute atomic E-state index is 0.00897. The van der Waals surface area contributed by atoms with Crippen LogP contribution in [-0.4, -0.2) is 49.2 Å². The summed E-state index contributed by atoms with van der Waals surface area (Å²) in [6.07, 6.45) is -2.26. The summed E-state index contributed by atoms with van der Waals surface area (Å²) in [5.74, 6) is -0.511. The van der Waals surface area contributed by atoms with Gasteiger partial charge in [-0.1, -0.05) is 6.07 Å². The first-order chi connectivity index (χ1) is 10.9. The summed E-state index contributed by atoms with van der Waals surface area (Å²) in [4.78, 5) is 14.4. The molecule has 2 fully saturated rings. The average molecular weight is 328 g/mol. The fourth-order valence-electron chi connectivity index (χ4n) is 3.15. The first-order valence-corrected chi connectivity index (χ1v) is 7.74. The summed E-state index contributed by atoms with van der Waals surface area (Å²) in [6, 6.07) is 4.92. The van der Waals surface area contributed by atoms with Gasteiger partial charge in [-0.2, -0.15) is 13.2 Å². The van der Waals surface area contributed by atoms with Crippen molar-refractivity contribution in [2.45, 2.75) is 31.2 Å². The topological polar surface area (TPSA) is 41.6 Å². The normalized spacial score (nSPS) is 25.2. The highest BCUT2D eigenvalue weighted by Gasteiger charge is 2.33. The molecule has 0 spiro atoms. The van der Waals surface area contributed by atoms with E-state index in [0.717, 1.165) is 38.1 Å². The molecule has 2 atom stereocenters. The van der Waals surface area contributed by atoms with Crippen LogP contribution in [0.5, 0.6) is 0 Å². The molecule has 0 radical (unpaired) electrons. The van der Waals surface area contributed by atoms with Gasteiger partial charge in [0.05, 0.1) is 18.3 Å². The summed E-state index contributed by atoms with van der Waals surface area (Å²) in [5.41, 5.74) is -0.811. The highest BCUT2D eigenvalue weighted by Crippen LogP contribution is 2.29. The van der Waals surface area contributed by atoms with Crippen LogP contribution in [0, 0.1) is 0 Å². The molecule has 2 aliphatic rings. The van der Waals surface area contributed by atoms with Gasteiger partial charge in [0.1, 0.15) is 0 Å². The van der Waals surface area contributed by atoms with Crippen molar-refractivity contribution in [1.82, 2.24) is 10.2 Å². The van der Waals surface area contributed by atoms with Crippen LogP contribution < -0.4 is 5.32 Å². The van der Waals surface area contributed by atoms with Crippen molar-refractivity contribution in [3.63, 3.8) is 0 Å². The molecule has 0 bridgehead atoms. The van der Waals surface area contributed by atoms with Crippen molar-refractivity contribution in [2.24, 2.45) is 0 Å². The molecule has 1 amide bonds. The number of hydrogen-bond donors (Lipinski definition) is 1. The van der Waals surface area contributed by atoms with E-state index in [0.29, 0.717) is 19.2 Å². The van der Waals surface area contributed by atoms with Crippen LogP contribution in [-0.2, 0) is 10.9 Å². The van der Waals surface area contributed by atoms with Gasteiger partial charge in [0.25, 0.3) is 5.91 Å². The lowest BCUT2D eigenvalue weighted by Gasteiger charge is -2.35. The lowest BCUT2D eigenvalue weighted by Crippen LogP contribution is -2.50. The van der Waals surface area contributed by atoms with Crippen LogP contribution in [0.1, 0.15) is 28.8 Å². The van der Waals surface area contributed by atoms with Gasteiger partial charge in [0, 0.05) is 24.7 Å². The van der Waals surface area contributed by atoms with E-state index >= 15 is 0 Å². The van der Waals surface area contributed by atoms with Crippen LogP contribution in [0.3, 0.4) is 0 Å². The predicted molar refractivity (Wildman–Crippen MR) is 78.1 cm³/mol. The summed E-state index contributed by atoms with van der Waals surface area (Å²) in [5, 5.41) is 2.67.